The average molecular weight is 266 g/mol. The molecule has 0 saturated carbocycles. The summed E-state index contributed by atoms with van der Waals surface area (Å²) >= 11 is 0. The Balaban J connectivity index is 2.29. The molecular formula is C15H22O4. The number of rotatable bonds is 2. The fourth-order valence-corrected chi connectivity index (χ4v) is 3.03. The van der Waals surface area contributed by atoms with Crippen LogP contribution in [0.3, 0.4) is 0 Å². The highest BCUT2D eigenvalue weighted by atomic mass is 17.2. The van der Waals surface area contributed by atoms with E-state index in [-0.39, 0.29) is 24.4 Å². The lowest BCUT2D eigenvalue weighted by molar-refractivity contribution is -0.406. The predicted octanol–water partition coefficient (Wildman–Crippen LogP) is 2.19. The summed E-state index contributed by atoms with van der Waals surface area (Å²) in [5, 5.41) is 8.96. The van der Waals surface area contributed by atoms with Crippen LogP contribution >= 0.6 is 0 Å². The van der Waals surface area contributed by atoms with Gasteiger partial charge < -0.3 is 5.11 Å². The molecule has 3 atom stereocenters. The van der Waals surface area contributed by atoms with Gasteiger partial charge in [-0.2, -0.15) is 0 Å². The van der Waals surface area contributed by atoms with Crippen molar-refractivity contribution in [2.75, 3.05) is 6.61 Å². The Morgan fingerprint density at radius 1 is 1.53 bits per heavy atom. The van der Waals surface area contributed by atoms with E-state index >= 15 is 0 Å². The monoisotopic (exact) mass is 266 g/mol. The zero-order valence-corrected chi connectivity index (χ0v) is 12.0. The van der Waals surface area contributed by atoms with E-state index in [0.29, 0.717) is 6.42 Å². The summed E-state index contributed by atoms with van der Waals surface area (Å²) in [6.45, 7) is 7.75. The molecule has 0 radical (unpaired) electrons. The maximum Gasteiger partial charge on any atom is 0.161 e. The number of hydrogen-bond acceptors (Lipinski definition) is 4. The standard InChI is InChI=1S/C15H22O4/c1-10(6-8-16)11-9-12-14(2,3)13(17)5-7-15(12,4)19-18-11/h5-7,11-12,16H,8-9H2,1-4H3/b10-6+/t11-,12+,15-/m1/s1. The lowest BCUT2D eigenvalue weighted by Gasteiger charge is -2.49. The molecule has 1 heterocycles. The molecule has 4 heteroatoms. The highest BCUT2D eigenvalue weighted by molar-refractivity contribution is 5.95. The SMILES string of the molecule is C/C(=C\CO)[C@H]1C[C@H]2C(C)(C)C(=O)C=C[C@@]2(C)OO1. The zero-order valence-electron chi connectivity index (χ0n) is 12.0. The van der Waals surface area contributed by atoms with Crippen LogP contribution in [0, 0.1) is 11.3 Å². The van der Waals surface area contributed by atoms with Crippen LogP contribution in [0.2, 0.25) is 0 Å². The highest BCUT2D eigenvalue weighted by Crippen LogP contribution is 2.48. The minimum atomic E-state index is -0.562. The fourth-order valence-electron chi connectivity index (χ4n) is 3.03. The van der Waals surface area contributed by atoms with Crippen LogP contribution in [0.1, 0.15) is 34.1 Å². The highest BCUT2D eigenvalue weighted by Gasteiger charge is 2.53. The third kappa shape index (κ3) is 2.40. The van der Waals surface area contributed by atoms with Crippen LogP contribution in [0.25, 0.3) is 0 Å². The van der Waals surface area contributed by atoms with Gasteiger partial charge in [-0.3, -0.25) is 4.79 Å². The van der Waals surface area contributed by atoms with Gasteiger partial charge in [-0.15, -0.1) is 0 Å². The van der Waals surface area contributed by atoms with Crippen molar-refractivity contribution >= 4 is 5.78 Å². The molecule has 19 heavy (non-hydrogen) atoms. The molecule has 4 nitrogen and oxygen atoms in total. The number of ketones is 1. The molecule has 1 aliphatic carbocycles. The molecule has 0 aromatic heterocycles. The third-order valence-corrected chi connectivity index (χ3v) is 4.48. The quantitative estimate of drug-likeness (QED) is 0.615. The first-order valence-electron chi connectivity index (χ1n) is 6.67. The van der Waals surface area contributed by atoms with Gasteiger partial charge in [0.2, 0.25) is 0 Å². The molecule has 0 aromatic rings. The molecule has 0 aromatic carbocycles. The minimum absolute atomic E-state index is 0.0180. The van der Waals surface area contributed by atoms with Crippen molar-refractivity contribution in [3.05, 3.63) is 23.8 Å². The van der Waals surface area contributed by atoms with Crippen LogP contribution in [0.5, 0.6) is 0 Å². The number of carbonyl (C=O) groups excluding carboxylic acids is 1. The minimum Gasteiger partial charge on any atom is -0.392 e. The topological polar surface area (TPSA) is 55.8 Å². The Labute approximate surface area is 114 Å². The molecule has 0 unspecified atom stereocenters. The van der Waals surface area contributed by atoms with Crippen molar-refractivity contribution in [2.24, 2.45) is 11.3 Å². The Morgan fingerprint density at radius 3 is 2.84 bits per heavy atom. The molecule has 1 aliphatic heterocycles. The maximum absolute atomic E-state index is 12.1. The number of fused-ring (bicyclic) bond motifs is 1. The van der Waals surface area contributed by atoms with E-state index in [1.165, 1.54) is 0 Å². The Kier molecular flexibility index (Phi) is 3.69. The van der Waals surface area contributed by atoms with Gasteiger partial charge in [0, 0.05) is 11.3 Å². The maximum atomic E-state index is 12.1. The van der Waals surface area contributed by atoms with E-state index in [0.717, 1.165) is 5.57 Å². The van der Waals surface area contributed by atoms with Crippen molar-refractivity contribution in [1.29, 1.82) is 0 Å². The third-order valence-electron chi connectivity index (χ3n) is 4.48. The fraction of sp³-hybridized carbons (Fsp3) is 0.667. The van der Waals surface area contributed by atoms with Crippen molar-refractivity contribution in [1.82, 2.24) is 0 Å². The summed E-state index contributed by atoms with van der Waals surface area (Å²) in [5.41, 5.74) is -0.0966. The predicted molar refractivity (Wildman–Crippen MR) is 71.2 cm³/mol. The van der Waals surface area contributed by atoms with Crippen molar-refractivity contribution in [3.8, 4) is 0 Å². The molecule has 106 valence electrons. The summed E-state index contributed by atoms with van der Waals surface area (Å²) in [4.78, 5) is 23.1. The molecule has 1 fully saturated rings. The number of carbonyl (C=O) groups is 1. The Morgan fingerprint density at radius 2 is 2.21 bits per heavy atom. The first kappa shape index (κ1) is 14.4. The van der Waals surface area contributed by atoms with Gasteiger partial charge in [0.15, 0.2) is 5.78 Å². The number of aliphatic hydroxyl groups is 1. The molecule has 1 N–H and O–H groups in total. The van der Waals surface area contributed by atoms with Crippen molar-refractivity contribution < 1.29 is 19.7 Å². The second-order valence-corrected chi connectivity index (χ2v) is 6.19. The van der Waals surface area contributed by atoms with E-state index in [9.17, 15) is 4.79 Å². The van der Waals surface area contributed by atoms with Crippen LogP contribution < -0.4 is 0 Å². The van der Waals surface area contributed by atoms with E-state index in [4.69, 9.17) is 14.9 Å². The van der Waals surface area contributed by atoms with Crippen LogP contribution in [-0.2, 0) is 14.6 Å². The van der Waals surface area contributed by atoms with Crippen molar-refractivity contribution in [2.45, 2.75) is 45.8 Å². The van der Waals surface area contributed by atoms with Gasteiger partial charge in [0.05, 0.1) is 6.61 Å². The molecule has 2 rings (SSSR count). The molecule has 1 saturated heterocycles. The number of allylic oxidation sites excluding steroid dienone is 1. The molecule has 2 aliphatic rings. The number of hydrogen-bond donors (Lipinski definition) is 1. The van der Waals surface area contributed by atoms with Crippen LogP contribution in [-0.4, -0.2) is 29.2 Å². The van der Waals surface area contributed by atoms with Gasteiger partial charge in [-0.1, -0.05) is 19.9 Å². The lowest BCUT2D eigenvalue weighted by Crippen LogP contribution is -2.55. The van der Waals surface area contributed by atoms with Gasteiger partial charge in [-0.25, -0.2) is 9.78 Å². The summed E-state index contributed by atoms with van der Waals surface area (Å²) < 4.78 is 0. The van der Waals surface area contributed by atoms with Crippen molar-refractivity contribution in [3.63, 3.8) is 0 Å². The summed E-state index contributed by atoms with van der Waals surface area (Å²) in [6, 6.07) is 0. The summed E-state index contributed by atoms with van der Waals surface area (Å²) in [7, 11) is 0. The molecule has 0 bridgehead atoms. The largest absolute Gasteiger partial charge is 0.392 e. The molecule has 0 spiro atoms. The second-order valence-electron chi connectivity index (χ2n) is 6.19. The van der Waals surface area contributed by atoms with E-state index < -0.39 is 11.0 Å². The molecular weight excluding hydrogens is 244 g/mol. The first-order chi connectivity index (χ1) is 8.81. The van der Waals surface area contributed by atoms with Gasteiger partial charge in [-0.05, 0) is 38.0 Å². The van der Waals surface area contributed by atoms with E-state index in [2.05, 4.69) is 0 Å². The smallest absolute Gasteiger partial charge is 0.161 e. The summed E-state index contributed by atoms with van der Waals surface area (Å²) in [5.74, 6) is 0.182. The normalized spacial score (nSPS) is 38.2. The first-order valence-corrected chi connectivity index (χ1v) is 6.67. The molecule has 0 amide bonds. The number of aliphatic hydroxyl groups excluding tert-OH is 1. The Hall–Kier alpha value is -0.970. The lowest BCUT2D eigenvalue weighted by atomic mass is 9.62. The van der Waals surface area contributed by atoms with Gasteiger partial charge in [0.25, 0.3) is 0 Å². The zero-order chi connectivity index (χ0) is 14.3. The van der Waals surface area contributed by atoms with Gasteiger partial charge in [0.1, 0.15) is 11.7 Å². The van der Waals surface area contributed by atoms with E-state index in [1.807, 2.05) is 27.7 Å². The van der Waals surface area contributed by atoms with E-state index in [1.54, 1.807) is 18.2 Å². The van der Waals surface area contributed by atoms with Gasteiger partial charge >= 0.3 is 0 Å². The van der Waals surface area contributed by atoms with Crippen LogP contribution in [0.15, 0.2) is 23.8 Å². The average Bonchev–Trinajstić information content (AvgIpc) is 2.35. The second kappa shape index (κ2) is 4.85. The Bertz CT molecular complexity index is 435. The summed E-state index contributed by atoms with van der Waals surface area (Å²) in [6.07, 6.45) is 5.61. The van der Waals surface area contributed by atoms with Crippen LogP contribution in [0.4, 0.5) is 0 Å².